The summed E-state index contributed by atoms with van der Waals surface area (Å²) in [7, 11) is 4.61. The van der Waals surface area contributed by atoms with Crippen molar-refractivity contribution in [2.45, 2.75) is 225 Å². The van der Waals surface area contributed by atoms with Gasteiger partial charge in [-0.15, -0.1) is 12.4 Å². The van der Waals surface area contributed by atoms with Crippen molar-refractivity contribution in [1.82, 2.24) is 4.90 Å². The van der Waals surface area contributed by atoms with Gasteiger partial charge in [0.1, 0.15) is 0 Å². The van der Waals surface area contributed by atoms with Crippen LogP contribution < -0.4 is 0 Å². The van der Waals surface area contributed by atoms with Gasteiger partial charge in [-0.2, -0.15) is 0 Å². The standard InChI is InChI=1S/C37H77N.ClH/c1-5-7-9-11-13-15-17-19-21-23-25-27-29-31-33-35-37(38(3)4)36-34-32-30-28-26-24-22-20-18-16-14-12-10-8-6-2;/h37H,5-36H2,1-4H3;1H. The van der Waals surface area contributed by atoms with Gasteiger partial charge in [-0.3, -0.25) is 0 Å². The van der Waals surface area contributed by atoms with Crippen molar-refractivity contribution < 1.29 is 0 Å². The van der Waals surface area contributed by atoms with Crippen LogP contribution in [0.15, 0.2) is 0 Å². The van der Waals surface area contributed by atoms with Crippen LogP contribution in [0, 0.1) is 0 Å². The van der Waals surface area contributed by atoms with Crippen molar-refractivity contribution in [3.8, 4) is 0 Å². The van der Waals surface area contributed by atoms with Crippen LogP contribution in [-0.2, 0) is 0 Å². The normalized spacial score (nSPS) is 11.5. The smallest absolute Gasteiger partial charge is 0.00891 e. The summed E-state index contributed by atoms with van der Waals surface area (Å²) < 4.78 is 0. The number of unbranched alkanes of at least 4 members (excludes halogenated alkanes) is 28. The Labute approximate surface area is 256 Å². The summed E-state index contributed by atoms with van der Waals surface area (Å²) in [6.45, 7) is 4.62. The van der Waals surface area contributed by atoms with Crippen molar-refractivity contribution in [2.24, 2.45) is 0 Å². The van der Waals surface area contributed by atoms with Gasteiger partial charge in [0.15, 0.2) is 0 Å². The number of rotatable bonds is 33. The van der Waals surface area contributed by atoms with Gasteiger partial charge >= 0.3 is 0 Å². The molecule has 0 bridgehead atoms. The maximum Gasteiger partial charge on any atom is 0.00891 e. The van der Waals surface area contributed by atoms with Crippen molar-refractivity contribution in [3.05, 3.63) is 0 Å². The Morgan fingerprint density at radius 1 is 0.308 bits per heavy atom. The van der Waals surface area contributed by atoms with Crippen molar-refractivity contribution in [1.29, 1.82) is 0 Å². The Bertz CT molecular complexity index is 376. The maximum atomic E-state index is 2.51. The molecule has 0 unspecified atom stereocenters. The molecule has 39 heavy (non-hydrogen) atoms. The van der Waals surface area contributed by atoms with Crippen LogP contribution in [0.1, 0.15) is 219 Å². The molecule has 0 aromatic rings. The van der Waals surface area contributed by atoms with Crippen LogP contribution in [0.25, 0.3) is 0 Å². The molecule has 0 radical (unpaired) electrons. The largest absolute Gasteiger partial charge is 0.306 e. The minimum Gasteiger partial charge on any atom is -0.306 e. The monoisotopic (exact) mass is 572 g/mol. The molecule has 1 nitrogen and oxygen atoms in total. The van der Waals surface area contributed by atoms with Crippen molar-refractivity contribution >= 4 is 12.4 Å². The molecular formula is C37H78ClN. The molecule has 0 N–H and O–H groups in total. The Morgan fingerprint density at radius 2 is 0.487 bits per heavy atom. The summed E-state index contributed by atoms with van der Waals surface area (Å²) in [4.78, 5) is 2.51. The summed E-state index contributed by atoms with van der Waals surface area (Å²) in [6, 6.07) is 0.818. The van der Waals surface area contributed by atoms with Gasteiger partial charge in [0, 0.05) is 6.04 Å². The van der Waals surface area contributed by atoms with E-state index >= 15 is 0 Å². The predicted octanol–water partition coefficient (Wildman–Crippen LogP) is 13.9. The number of hydrogen-bond donors (Lipinski definition) is 0. The number of nitrogens with zero attached hydrogens (tertiary/aromatic N) is 1. The molecule has 0 spiro atoms. The molecule has 0 fully saturated rings. The van der Waals surface area contributed by atoms with E-state index in [1.807, 2.05) is 0 Å². The lowest BCUT2D eigenvalue weighted by Crippen LogP contribution is -2.27. The van der Waals surface area contributed by atoms with Gasteiger partial charge in [-0.1, -0.05) is 206 Å². The van der Waals surface area contributed by atoms with E-state index in [0.29, 0.717) is 0 Å². The summed E-state index contributed by atoms with van der Waals surface area (Å²) in [5.41, 5.74) is 0. The van der Waals surface area contributed by atoms with E-state index < -0.39 is 0 Å². The fourth-order valence-corrected chi connectivity index (χ4v) is 6.16. The Morgan fingerprint density at radius 3 is 0.667 bits per heavy atom. The second-order valence-electron chi connectivity index (χ2n) is 13.1. The Hall–Kier alpha value is 0.250. The van der Waals surface area contributed by atoms with E-state index in [1.165, 1.54) is 205 Å². The first-order chi connectivity index (χ1) is 18.7. The molecule has 0 aliphatic rings. The Kier molecular flexibility index (Phi) is 38.5. The highest BCUT2D eigenvalue weighted by Crippen LogP contribution is 2.19. The van der Waals surface area contributed by atoms with E-state index in [0.717, 1.165) is 6.04 Å². The highest BCUT2D eigenvalue weighted by Gasteiger charge is 2.10. The predicted molar refractivity (Wildman–Crippen MR) is 184 cm³/mol. The number of hydrogen-bond acceptors (Lipinski definition) is 1. The van der Waals surface area contributed by atoms with Crippen molar-refractivity contribution in [2.75, 3.05) is 14.1 Å². The molecule has 0 saturated carbocycles. The molecule has 0 aliphatic carbocycles. The fourth-order valence-electron chi connectivity index (χ4n) is 6.16. The molecule has 0 heterocycles. The summed E-state index contributed by atoms with van der Waals surface area (Å²) in [6.07, 6.45) is 46.8. The van der Waals surface area contributed by atoms with Crippen LogP contribution in [0.4, 0.5) is 0 Å². The average molecular weight is 572 g/mol. The van der Waals surface area contributed by atoms with Crippen LogP contribution in [-0.4, -0.2) is 25.0 Å². The van der Waals surface area contributed by atoms with Crippen LogP contribution in [0.3, 0.4) is 0 Å². The molecule has 0 aliphatic heterocycles. The van der Waals surface area contributed by atoms with Gasteiger partial charge in [0.2, 0.25) is 0 Å². The molecule has 0 rings (SSSR count). The van der Waals surface area contributed by atoms with Crippen molar-refractivity contribution in [3.63, 3.8) is 0 Å². The lowest BCUT2D eigenvalue weighted by molar-refractivity contribution is 0.251. The molecular weight excluding hydrogens is 494 g/mol. The van der Waals surface area contributed by atoms with Gasteiger partial charge in [-0.05, 0) is 26.9 Å². The van der Waals surface area contributed by atoms with Crippen LogP contribution in [0.2, 0.25) is 0 Å². The third kappa shape index (κ3) is 34.4. The highest BCUT2D eigenvalue weighted by molar-refractivity contribution is 5.85. The van der Waals surface area contributed by atoms with Gasteiger partial charge in [0.05, 0.1) is 0 Å². The van der Waals surface area contributed by atoms with E-state index in [-0.39, 0.29) is 12.4 Å². The zero-order valence-electron chi connectivity index (χ0n) is 28.1. The lowest BCUT2D eigenvalue weighted by atomic mass is 9.99. The molecule has 0 amide bonds. The highest BCUT2D eigenvalue weighted by atomic mass is 35.5. The average Bonchev–Trinajstić information content (AvgIpc) is 2.91. The minimum absolute atomic E-state index is 0. The zero-order chi connectivity index (χ0) is 27.8. The second kappa shape index (κ2) is 36.3. The fraction of sp³-hybridized carbons (Fsp3) is 1.00. The quantitative estimate of drug-likeness (QED) is 0.0707. The first-order valence-corrected chi connectivity index (χ1v) is 18.4. The van der Waals surface area contributed by atoms with Crippen LogP contribution in [0.5, 0.6) is 0 Å². The van der Waals surface area contributed by atoms with E-state index in [4.69, 9.17) is 0 Å². The van der Waals surface area contributed by atoms with Gasteiger partial charge < -0.3 is 4.90 Å². The summed E-state index contributed by atoms with van der Waals surface area (Å²) in [5, 5.41) is 0. The minimum atomic E-state index is 0. The van der Waals surface area contributed by atoms with E-state index in [9.17, 15) is 0 Å². The van der Waals surface area contributed by atoms with E-state index in [2.05, 4.69) is 32.8 Å². The molecule has 2 heteroatoms. The molecule has 0 saturated heterocycles. The Balaban J connectivity index is 0. The first kappa shape index (κ1) is 41.4. The number of halogens is 1. The zero-order valence-corrected chi connectivity index (χ0v) is 28.9. The molecule has 0 aromatic carbocycles. The third-order valence-corrected chi connectivity index (χ3v) is 9.01. The molecule has 238 valence electrons. The SMILES string of the molecule is CCCCCCCCCCCCCCCCCC(CCCCCCCCCCCCCCCCC)N(C)C.Cl. The summed E-state index contributed by atoms with van der Waals surface area (Å²) >= 11 is 0. The van der Waals surface area contributed by atoms with Gasteiger partial charge in [-0.25, -0.2) is 0 Å². The second-order valence-corrected chi connectivity index (χ2v) is 13.1. The third-order valence-electron chi connectivity index (χ3n) is 9.01. The lowest BCUT2D eigenvalue weighted by Gasteiger charge is -2.24. The summed E-state index contributed by atoms with van der Waals surface area (Å²) in [5.74, 6) is 0. The topological polar surface area (TPSA) is 3.24 Å². The van der Waals surface area contributed by atoms with Gasteiger partial charge in [0.25, 0.3) is 0 Å². The maximum absolute atomic E-state index is 2.51. The van der Waals surface area contributed by atoms with Crippen LogP contribution >= 0.6 is 12.4 Å². The molecule has 0 atom stereocenters. The first-order valence-electron chi connectivity index (χ1n) is 18.4. The molecule has 0 aromatic heterocycles. The van der Waals surface area contributed by atoms with E-state index in [1.54, 1.807) is 0 Å².